The van der Waals surface area contributed by atoms with Crippen molar-refractivity contribution in [2.45, 2.75) is 52.5 Å². The summed E-state index contributed by atoms with van der Waals surface area (Å²) in [5.41, 5.74) is -1.02. The standard InChI is InChI=1S/C11H19F3O3/c1-6(2)8(15)7(11(12,13)14)9(16)17-10(3,4)5/h6-8,15H,1-5H3/t7-,8-/m0/s1. The van der Waals surface area contributed by atoms with Crippen LogP contribution in [0, 0.1) is 11.8 Å². The third-order valence-electron chi connectivity index (χ3n) is 2.04. The molecule has 0 unspecified atom stereocenters. The Morgan fingerprint density at radius 2 is 1.59 bits per heavy atom. The normalized spacial score (nSPS) is 16.8. The number of rotatable bonds is 3. The number of hydrogen-bond acceptors (Lipinski definition) is 3. The molecule has 0 amide bonds. The molecule has 0 aliphatic heterocycles. The Balaban J connectivity index is 5.02. The van der Waals surface area contributed by atoms with Crippen LogP contribution < -0.4 is 0 Å². The lowest BCUT2D eigenvalue weighted by Gasteiger charge is -2.29. The summed E-state index contributed by atoms with van der Waals surface area (Å²) in [7, 11) is 0. The average Bonchev–Trinajstić information content (AvgIpc) is 1.96. The van der Waals surface area contributed by atoms with E-state index in [1.54, 1.807) is 0 Å². The summed E-state index contributed by atoms with van der Waals surface area (Å²) in [5.74, 6) is -4.62. The Morgan fingerprint density at radius 3 is 1.82 bits per heavy atom. The molecule has 1 N–H and O–H groups in total. The van der Waals surface area contributed by atoms with Crippen molar-refractivity contribution in [3.63, 3.8) is 0 Å². The summed E-state index contributed by atoms with van der Waals surface area (Å²) in [6.07, 6.45) is -6.61. The van der Waals surface area contributed by atoms with Gasteiger partial charge in [0.2, 0.25) is 0 Å². The first-order chi connectivity index (χ1) is 7.36. The fourth-order valence-electron chi connectivity index (χ4n) is 1.22. The predicted octanol–water partition coefficient (Wildman–Crippen LogP) is 2.52. The van der Waals surface area contributed by atoms with Crippen molar-refractivity contribution in [2.75, 3.05) is 0 Å². The molecule has 0 aromatic heterocycles. The van der Waals surface area contributed by atoms with Crippen molar-refractivity contribution >= 4 is 5.97 Å². The van der Waals surface area contributed by atoms with Gasteiger partial charge in [-0.15, -0.1) is 0 Å². The fourth-order valence-corrected chi connectivity index (χ4v) is 1.22. The minimum atomic E-state index is -4.81. The summed E-state index contributed by atoms with van der Waals surface area (Å²) in [6, 6.07) is 0. The summed E-state index contributed by atoms with van der Waals surface area (Å²) in [6.45, 7) is 7.24. The molecule has 0 bridgehead atoms. The molecule has 0 fully saturated rings. The van der Waals surface area contributed by atoms with Crippen LogP contribution >= 0.6 is 0 Å². The molecule has 0 radical (unpaired) electrons. The minimum Gasteiger partial charge on any atom is -0.459 e. The Labute approximate surface area is 99.0 Å². The number of ether oxygens (including phenoxy) is 1. The van der Waals surface area contributed by atoms with Gasteiger partial charge in [-0.05, 0) is 26.7 Å². The molecule has 0 rings (SSSR count). The number of carbonyl (C=O) groups is 1. The fraction of sp³-hybridized carbons (Fsp3) is 0.909. The highest BCUT2D eigenvalue weighted by Gasteiger charge is 2.51. The monoisotopic (exact) mass is 256 g/mol. The lowest BCUT2D eigenvalue weighted by Crippen LogP contribution is -2.45. The van der Waals surface area contributed by atoms with E-state index in [0.29, 0.717) is 0 Å². The number of aliphatic hydroxyl groups is 1. The average molecular weight is 256 g/mol. The molecule has 0 aromatic rings. The topological polar surface area (TPSA) is 46.5 Å². The second kappa shape index (κ2) is 5.25. The van der Waals surface area contributed by atoms with E-state index in [9.17, 15) is 23.1 Å². The van der Waals surface area contributed by atoms with Crippen molar-refractivity contribution < 1.29 is 27.8 Å². The molecule has 0 saturated heterocycles. The largest absolute Gasteiger partial charge is 0.459 e. The molecule has 0 spiro atoms. The number of aliphatic hydroxyl groups excluding tert-OH is 1. The maximum Gasteiger partial charge on any atom is 0.404 e. The third kappa shape index (κ3) is 5.39. The molecule has 0 aromatic carbocycles. The number of esters is 1. The zero-order chi connectivity index (χ0) is 14.0. The van der Waals surface area contributed by atoms with Gasteiger partial charge in [0.1, 0.15) is 5.60 Å². The van der Waals surface area contributed by atoms with Crippen LogP contribution in [0.15, 0.2) is 0 Å². The second-order valence-electron chi connectivity index (χ2n) is 5.29. The van der Waals surface area contributed by atoms with E-state index in [2.05, 4.69) is 4.74 Å². The molecule has 0 aliphatic rings. The Kier molecular flexibility index (Phi) is 5.01. The van der Waals surface area contributed by atoms with Crippen LogP contribution in [0.2, 0.25) is 0 Å². The van der Waals surface area contributed by atoms with Crippen LogP contribution in [-0.4, -0.2) is 29.0 Å². The maximum absolute atomic E-state index is 12.7. The lowest BCUT2D eigenvalue weighted by molar-refractivity contribution is -0.224. The van der Waals surface area contributed by atoms with Crippen molar-refractivity contribution in [3.8, 4) is 0 Å². The molecule has 17 heavy (non-hydrogen) atoms. The van der Waals surface area contributed by atoms with E-state index in [1.807, 2.05) is 0 Å². The van der Waals surface area contributed by atoms with Gasteiger partial charge in [-0.25, -0.2) is 0 Å². The zero-order valence-corrected chi connectivity index (χ0v) is 10.6. The molecule has 3 nitrogen and oxygen atoms in total. The zero-order valence-electron chi connectivity index (χ0n) is 10.6. The van der Waals surface area contributed by atoms with E-state index in [1.165, 1.54) is 34.6 Å². The van der Waals surface area contributed by atoms with Gasteiger partial charge in [0.25, 0.3) is 0 Å². The van der Waals surface area contributed by atoms with Crippen LogP contribution in [-0.2, 0) is 9.53 Å². The number of halogens is 3. The van der Waals surface area contributed by atoms with E-state index < -0.39 is 35.7 Å². The molecular weight excluding hydrogens is 237 g/mol. The first-order valence-electron chi connectivity index (χ1n) is 5.34. The van der Waals surface area contributed by atoms with Crippen LogP contribution in [0.4, 0.5) is 13.2 Å². The number of carbonyl (C=O) groups excluding carboxylic acids is 1. The first kappa shape index (κ1) is 16.2. The van der Waals surface area contributed by atoms with E-state index in [-0.39, 0.29) is 0 Å². The Bertz CT molecular complexity index is 266. The predicted molar refractivity (Wildman–Crippen MR) is 56.2 cm³/mol. The van der Waals surface area contributed by atoms with Gasteiger partial charge in [-0.1, -0.05) is 13.8 Å². The number of alkyl halides is 3. The van der Waals surface area contributed by atoms with Gasteiger partial charge >= 0.3 is 12.1 Å². The summed E-state index contributed by atoms with van der Waals surface area (Å²) < 4.78 is 42.8. The molecule has 0 aliphatic carbocycles. The highest BCUT2D eigenvalue weighted by atomic mass is 19.4. The van der Waals surface area contributed by atoms with Gasteiger partial charge in [0.15, 0.2) is 5.92 Å². The van der Waals surface area contributed by atoms with Crippen molar-refractivity contribution in [3.05, 3.63) is 0 Å². The molecule has 2 atom stereocenters. The molecule has 6 heteroatoms. The van der Waals surface area contributed by atoms with Crippen molar-refractivity contribution in [1.82, 2.24) is 0 Å². The van der Waals surface area contributed by atoms with Crippen molar-refractivity contribution in [1.29, 1.82) is 0 Å². The number of hydrogen-bond donors (Lipinski definition) is 1. The second-order valence-corrected chi connectivity index (χ2v) is 5.29. The molecule has 0 saturated carbocycles. The van der Waals surface area contributed by atoms with Gasteiger partial charge in [0.05, 0.1) is 6.10 Å². The van der Waals surface area contributed by atoms with Gasteiger partial charge in [-0.2, -0.15) is 13.2 Å². The van der Waals surface area contributed by atoms with E-state index >= 15 is 0 Å². The Hall–Kier alpha value is -0.780. The van der Waals surface area contributed by atoms with E-state index in [4.69, 9.17) is 0 Å². The van der Waals surface area contributed by atoms with Gasteiger partial charge < -0.3 is 9.84 Å². The highest BCUT2D eigenvalue weighted by molar-refractivity contribution is 5.74. The smallest absolute Gasteiger partial charge is 0.404 e. The van der Waals surface area contributed by atoms with Gasteiger partial charge in [-0.3, -0.25) is 4.79 Å². The molecular formula is C11H19F3O3. The molecule has 102 valence electrons. The van der Waals surface area contributed by atoms with Crippen LogP contribution in [0.1, 0.15) is 34.6 Å². The first-order valence-corrected chi connectivity index (χ1v) is 5.34. The molecule has 0 heterocycles. The lowest BCUT2D eigenvalue weighted by atomic mass is 9.92. The van der Waals surface area contributed by atoms with Crippen LogP contribution in [0.3, 0.4) is 0 Å². The SMILES string of the molecule is CC(C)[C@H](O)[C@@H](C(=O)OC(C)(C)C)C(F)(F)F. The summed E-state index contributed by atoms with van der Waals surface area (Å²) in [4.78, 5) is 11.4. The Morgan fingerprint density at radius 1 is 1.18 bits per heavy atom. The maximum atomic E-state index is 12.7. The van der Waals surface area contributed by atoms with Crippen LogP contribution in [0.25, 0.3) is 0 Å². The quantitative estimate of drug-likeness (QED) is 0.789. The van der Waals surface area contributed by atoms with Crippen molar-refractivity contribution in [2.24, 2.45) is 11.8 Å². The van der Waals surface area contributed by atoms with E-state index in [0.717, 1.165) is 0 Å². The van der Waals surface area contributed by atoms with Gasteiger partial charge in [0, 0.05) is 0 Å². The highest BCUT2D eigenvalue weighted by Crippen LogP contribution is 2.33. The minimum absolute atomic E-state index is 0.686. The summed E-state index contributed by atoms with van der Waals surface area (Å²) >= 11 is 0. The van der Waals surface area contributed by atoms with Crippen LogP contribution in [0.5, 0.6) is 0 Å². The summed E-state index contributed by atoms with van der Waals surface area (Å²) in [5, 5.41) is 9.47. The third-order valence-corrected chi connectivity index (χ3v) is 2.04.